The summed E-state index contributed by atoms with van der Waals surface area (Å²) in [4.78, 5) is 14.4. The third-order valence-electron chi connectivity index (χ3n) is 4.26. The van der Waals surface area contributed by atoms with Crippen LogP contribution >= 0.6 is 0 Å². The van der Waals surface area contributed by atoms with Crippen molar-refractivity contribution < 1.29 is 18.3 Å². The minimum absolute atomic E-state index is 0.0760. The van der Waals surface area contributed by atoms with Crippen molar-refractivity contribution in [2.45, 2.75) is 26.4 Å². The van der Waals surface area contributed by atoms with Crippen LogP contribution in [0.4, 0.5) is 4.39 Å². The number of halogens is 1. The summed E-state index contributed by atoms with van der Waals surface area (Å²) in [6.45, 7) is 2.67. The number of carbonyl (C=O) groups excluding carboxylic acids is 1. The number of ether oxygens (including phenoxy) is 1. The highest BCUT2D eigenvalue weighted by Gasteiger charge is 2.17. The molecule has 3 rings (SSSR count). The monoisotopic (exact) mass is 367 g/mol. The molecule has 1 aromatic heterocycles. The normalized spacial score (nSPS) is 10.6. The summed E-state index contributed by atoms with van der Waals surface area (Å²) in [7, 11) is 0. The Kier molecular flexibility index (Phi) is 6.26. The van der Waals surface area contributed by atoms with Crippen LogP contribution in [0.2, 0.25) is 0 Å². The van der Waals surface area contributed by atoms with E-state index in [1.165, 1.54) is 17.7 Å². The van der Waals surface area contributed by atoms with Gasteiger partial charge < -0.3 is 14.1 Å². The number of amides is 1. The van der Waals surface area contributed by atoms with Crippen molar-refractivity contribution in [3.05, 3.63) is 89.6 Å². The fourth-order valence-electron chi connectivity index (χ4n) is 2.69. The lowest BCUT2D eigenvalue weighted by Crippen LogP contribution is -2.34. The molecule has 0 bridgehead atoms. The topological polar surface area (TPSA) is 42.7 Å². The van der Waals surface area contributed by atoms with Gasteiger partial charge in [0.15, 0.2) is 6.61 Å². The van der Waals surface area contributed by atoms with Crippen molar-refractivity contribution in [1.29, 1.82) is 0 Å². The third kappa shape index (κ3) is 5.45. The SMILES string of the molecule is CCc1ccc(OCC(=O)N(Cc2ccc(F)cc2)Cc2ccco2)cc1. The highest BCUT2D eigenvalue weighted by molar-refractivity contribution is 5.77. The van der Waals surface area contributed by atoms with E-state index in [4.69, 9.17) is 9.15 Å². The van der Waals surface area contributed by atoms with E-state index in [0.717, 1.165) is 12.0 Å². The Hall–Kier alpha value is -3.08. The lowest BCUT2D eigenvalue weighted by atomic mass is 10.2. The molecule has 140 valence electrons. The van der Waals surface area contributed by atoms with Gasteiger partial charge in [0.25, 0.3) is 5.91 Å². The summed E-state index contributed by atoms with van der Waals surface area (Å²) < 4.78 is 24.1. The van der Waals surface area contributed by atoms with E-state index >= 15 is 0 Å². The smallest absolute Gasteiger partial charge is 0.261 e. The zero-order valence-electron chi connectivity index (χ0n) is 15.2. The molecule has 2 aromatic carbocycles. The van der Waals surface area contributed by atoms with Gasteiger partial charge in [-0.3, -0.25) is 4.79 Å². The molecule has 0 aliphatic carbocycles. The maximum atomic E-state index is 13.1. The van der Waals surface area contributed by atoms with Crippen LogP contribution in [-0.2, 0) is 24.3 Å². The molecule has 27 heavy (non-hydrogen) atoms. The highest BCUT2D eigenvalue weighted by Crippen LogP contribution is 2.15. The van der Waals surface area contributed by atoms with Gasteiger partial charge in [0.2, 0.25) is 0 Å². The molecule has 0 atom stereocenters. The number of benzene rings is 2. The summed E-state index contributed by atoms with van der Waals surface area (Å²) in [5, 5.41) is 0. The summed E-state index contributed by atoms with van der Waals surface area (Å²) in [5.41, 5.74) is 2.05. The highest BCUT2D eigenvalue weighted by atomic mass is 19.1. The van der Waals surface area contributed by atoms with Crippen molar-refractivity contribution in [1.82, 2.24) is 4.90 Å². The molecule has 3 aromatic rings. The number of hydrogen-bond donors (Lipinski definition) is 0. The molecule has 1 amide bonds. The van der Waals surface area contributed by atoms with Crippen LogP contribution in [0.5, 0.6) is 5.75 Å². The van der Waals surface area contributed by atoms with Crippen LogP contribution < -0.4 is 4.74 Å². The Morgan fingerprint density at radius 1 is 1.00 bits per heavy atom. The molecule has 0 radical (unpaired) electrons. The Morgan fingerprint density at radius 2 is 1.70 bits per heavy atom. The lowest BCUT2D eigenvalue weighted by Gasteiger charge is -2.22. The zero-order valence-corrected chi connectivity index (χ0v) is 15.2. The number of rotatable bonds is 8. The van der Waals surface area contributed by atoms with Gasteiger partial charge in [-0.05, 0) is 53.9 Å². The minimum Gasteiger partial charge on any atom is -0.484 e. The standard InChI is InChI=1S/C22H22FNO3/c1-2-17-7-11-20(12-8-17)27-16-22(25)24(15-21-4-3-13-26-21)14-18-5-9-19(23)10-6-18/h3-13H,2,14-16H2,1H3. The van der Waals surface area contributed by atoms with E-state index in [9.17, 15) is 9.18 Å². The number of furan rings is 1. The fourth-order valence-corrected chi connectivity index (χ4v) is 2.69. The molecule has 0 saturated carbocycles. The average Bonchev–Trinajstić information content (AvgIpc) is 3.21. The Labute approximate surface area is 158 Å². The first kappa shape index (κ1) is 18.7. The molecular formula is C22H22FNO3. The van der Waals surface area contributed by atoms with Crippen molar-refractivity contribution >= 4 is 5.91 Å². The number of carbonyl (C=O) groups is 1. The van der Waals surface area contributed by atoms with Crippen molar-refractivity contribution in [2.75, 3.05) is 6.61 Å². The molecular weight excluding hydrogens is 345 g/mol. The number of hydrogen-bond acceptors (Lipinski definition) is 3. The maximum absolute atomic E-state index is 13.1. The largest absolute Gasteiger partial charge is 0.484 e. The fraction of sp³-hybridized carbons (Fsp3) is 0.227. The zero-order chi connectivity index (χ0) is 19.1. The Morgan fingerprint density at radius 3 is 2.33 bits per heavy atom. The third-order valence-corrected chi connectivity index (χ3v) is 4.26. The van der Waals surface area contributed by atoms with E-state index in [0.29, 0.717) is 24.6 Å². The predicted molar refractivity (Wildman–Crippen MR) is 101 cm³/mol. The Bertz CT molecular complexity index is 842. The van der Waals surface area contributed by atoms with Gasteiger partial charge in [-0.25, -0.2) is 4.39 Å². The van der Waals surface area contributed by atoms with E-state index in [2.05, 4.69) is 6.92 Å². The van der Waals surface area contributed by atoms with Crippen LogP contribution in [0, 0.1) is 5.82 Å². The molecule has 0 fully saturated rings. The van der Waals surface area contributed by atoms with Crippen LogP contribution in [-0.4, -0.2) is 17.4 Å². The van der Waals surface area contributed by atoms with Crippen molar-refractivity contribution in [3.8, 4) is 5.75 Å². The lowest BCUT2D eigenvalue weighted by molar-refractivity contribution is -0.134. The second kappa shape index (κ2) is 9.03. The molecule has 4 nitrogen and oxygen atoms in total. The molecule has 0 aliphatic rings. The van der Waals surface area contributed by atoms with Crippen molar-refractivity contribution in [3.63, 3.8) is 0 Å². The van der Waals surface area contributed by atoms with Gasteiger partial charge in [0.1, 0.15) is 17.3 Å². The van der Waals surface area contributed by atoms with Crippen LogP contribution in [0.25, 0.3) is 0 Å². The van der Waals surface area contributed by atoms with Crippen LogP contribution in [0.1, 0.15) is 23.8 Å². The van der Waals surface area contributed by atoms with Gasteiger partial charge >= 0.3 is 0 Å². The first-order valence-electron chi connectivity index (χ1n) is 8.90. The van der Waals surface area contributed by atoms with E-state index in [1.807, 2.05) is 30.3 Å². The van der Waals surface area contributed by atoms with Crippen LogP contribution in [0.15, 0.2) is 71.3 Å². The predicted octanol–water partition coefficient (Wildman–Crippen LogP) is 4.59. The molecule has 1 heterocycles. The quantitative estimate of drug-likeness (QED) is 0.585. The molecule has 0 spiro atoms. The minimum atomic E-state index is -0.304. The first-order chi connectivity index (χ1) is 13.1. The van der Waals surface area contributed by atoms with Gasteiger partial charge in [0.05, 0.1) is 12.8 Å². The summed E-state index contributed by atoms with van der Waals surface area (Å²) in [5.74, 6) is 0.856. The van der Waals surface area contributed by atoms with E-state index < -0.39 is 0 Å². The number of nitrogens with zero attached hydrogens (tertiary/aromatic N) is 1. The van der Waals surface area contributed by atoms with Gasteiger partial charge in [-0.2, -0.15) is 0 Å². The molecule has 0 unspecified atom stereocenters. The average molecular weight is 367 g/mol. The molecule has 5 heteroatoms. The molecule has 0 aliphatic heterocycles. The van der Waals surface area contributed by atoms with Crippen molar-refractivity contribution in [2.24, 2.45) is 0 Å². The summed E-state index contributed by atoms with van der Waals surface area (Å²) >= 11 is 0. The van der Waals surface area contributed by atoms with Gasteiger partial charge in [-0.15, -0.1) is 0 Å². The number of aryl methyl sites for hydroxylation is 1. The van der Waals surface area contributed by atoms with E-state index in [1.54, 1.807) is 29.4 Å². The summed E-state index contributed by atoms with van der Waals surface area (Å²) in [6, 6.07) is 17.4. The Balaban J connectivity index is 1.66. The first-order valence-corrected chi connectivity index (χ1v) is 8.90. The molecule has 0 saturated heterocycles. The second-order valence-electron chi connectivity index (χ2n) is 6.24. The molecule has 0 N–H and O–H groups in total. The van der Waals surface area contributed by atoms with Crippen LogP contribution in [0.3, 0.4) is 0 Å². The van der Waals surface area contributed by atoms with Gasteiger partial charge in [-0.1, -0.05) is 31.2 Å². The summed E-state index contributed by atoms with van der Waals surface area (Å²) in [6.07, 6.45) is 2.52. The second-order valence-corrected chi connectivity index (χ2v) is 6.24. The maximum Gasteiger partial charge on any atom is 0.261 e. The van der Waals surface area contributed by atoms with Gasteiger partial charge in [0, 0.05) is 6.54 Å². The van der Waals surface area contributed by atoms with E-state index in [-0.39, 0.29) is 18.3 Å².